The molecule has 4 nitrogen and oxygen atoms in total. The average Bonchev–Trinajstić information content (AvgIpc) is 3.28. The minimum absolute atomic E-state index is 0.158. The summed E-state index contributed by atoms with van der Waals surface area (Å²) < 4.78 is 0. The number of hydrogen-bond acceptors (Lipinski definition) is 3. The van der Waals surface area contributed by atoms with E-state index in [0.717, 1.165) is 57.8 Å². The molecule has 0 rings (SSSR count). The Kier molecular flexibility index (Phi) is 50.4. The molecule has 62 heavy (non-hydrogen) atoms. The highest BCUT2D eigenvalue weighted by Gasteiger charge is 2.17. The van der Waals surface area contributed by atoms with Crippen molar-refractivity contribution in [1.29, 1.82) is 0 Å². The van der Waals surface area contributed by atoms with Gasteiger partial charge >= 0.3 is 0 Å². The highest BCUT2D eigenvalue weighted by atomic mass is 16.3. The number of rotatable bonds is 47. The van der Waals surface area contributed by atoms with Gasteiger partial charge in [-0.25, -0.2) is 0 Å². The normalized spacial score (nSPS) is 13.7. The van der Waals surface area contributed by atoms with E-state index >= 15 is 0 Å². The minimum Gasteiger partial charge on any atom is -0.394 e. The second-order valence-corrected chi connectivity index (χ2v) is 17.6. The second-order valence-electron chi connectivity index (χ2n) is 17.6. The second kappa shape index (κ2) is 52.7. The maximum atomic E-state index is 12.4. The van der Waals surface area contributed by atoms with Crippen LogP contribution in [0.5, 0.6) is 0 Å². The van der Waals surface area contributed by atoms with Crippen LogP contribution in [0.25, 0.3) is 0 Å². The van der Waals surface area contributed by atoms with Gasteiger partial charge in [0.15, 0.2) is 0 Å². The average molecular weight is 860 g/mol. The molecule has 2 atom stereocenters. The third-order valence-corrected chi connectivity index (χ3v) is 11.6. The summed E-state index contributed by atoms with van der Waals surface area (Å²) >= 11 is 0. The molecule has 0 bridgehead atoms. The van der Waals surface area contributed by atoms with Gasteiger partial charge in [-0.1, -0.05) is 265 Å². The van der Waals surface area contributed by atoms with Crippen LogP contribution in [0.3, 0.4) is 0 Å². The van der Waals surface area contributed by atoms with E-state index in [9.17, 15) is 15.0 Å². The van der Waals surface area contributed by atoms with Crippen LogP contribution in [-0.2, 0) is 4.79 Å². The summed E-state index contributed by atoms with van der Waals surface area (Å²) in [5, 5.41) is 23.0. The topological polar surface area (TPSA) is 69.6 Å². The van der Waals surface area contributed by atoms with E-state index in [-0.39, 0.29) is 12.5 Å². The molecule has 0 fully saturated rings. The summed E-state index contributed by atoms with van der Waals surface area (Å²) in [5.74, 6) is -0.158. The summed E-state index contributed by atoms with van der Waals surface area (Å²) in [7, 11) is 0. The molecule has 0 aliphatic heterocycles. The maximum absolute atomic E-state index is 12.4. The molecular formula is C58H101NO3. The number of hydrogen-bond donors (Lipinski definition) is 3. The number of allylic oxidation sites excluding steroid dienone is 15. The molecule has 4 heteroatoms. The molecule has 1 amide bonds. The summed E-state index contributed by atoms with van der Waals surface area (Å²) in [5.41, 5.74) is 0. The Labute approximate surface area is 385 Å². The fourth-order valence-electron chi connectivity index (χ4n) is 7.57. The molecule has 0 aromatic heterocycles. The number of unbranched alkanes of at least 4 members (excludes halogenated alkanes) is 26. The van der Waals surface area contributed by atoms with Crippen molar-refractivity contribution in [2.75, 3.05) is 6.61 Å². The van der Waals surface area contributed by atoms with Gasteiger partial charge in [0.25, 0.3) is 0 Å². The number of carbonyl (C=O) groups is 1. The van der Waals surface area contributed by atoms with E-state index in [1.54, 1.807) is 6.08 Å². The number of aliphatic hydroxyl groups excluding tert-OH is 2. The Bertz CT molecular complexity index is 1160. The Morgan fingerprint density at radius 1 is 0.403 bits per heavy atom. The number of aliphatic hydroxyl groups is 2. The Morgan fingerprint density at radius 2 is 0.726 bits per heavy atom. The van der Waals surface area contributed by atoms with Crippen molar-refractivity contribution < 1.29 is 15.0 Å². The Morgan fingerprint density at radius 3 is 1.11 bits per heavy atom. The van der Waals surface area contributed by atoms with E-state index in [0.29, 0.717) is 12.8 Å². The first-order chi connectivity index (χ1) is 30.7. The van der Waals surface area contributed by atoms with Gasteiger partial charge in [-0.05, 0) is 70.6 Å². The highest BCUT2D eigenvalue weighted by Crippen LogP contribution is 2.16. The predicted molar refractivity (Wildman–Crippen MR) is 276 cm³/mol. The lowest BCUT2D eigenvalue weighted by Gasteiger charge is -2.19. The molecule has 356 valence electrons. The van der Waals surface area contributed by atoms with Crippen LogP contribution in [0.15, 0.2) is 97.2 Å². The lowest BCUT2D eigenvalue weighted by atomic mass is 10.0. The fourth-order valence-corrected chi connectivity index (χ4v) is 7.57. The third-order valence-electron chi connectivity index (χ3n) is 11.6. The van der Waals surface area contributed by atoms with Crippen LogP contribution in [-0.4, -0.2) is 34.9 Å². The molecule has 0 saturated carbocycles. The highest BCUT2D eigenvalue weighted by molar-refractivity contribution is 5.76. The minimum atomic E-state index is -0.900. The van der Waals surface area contributed by atoms with Gasteiger partial charge in [0, 0.05) is 6.42 Å². The molecule has 2 unspecified atom stereocenters. The van der Waals surface area contributed by atoms with Crippen LogP contribution < -0.4 is 5.32 Å². The fraction of sp³-hybridized carbons (Fsp3) is 0.707. The van der Waals surface area contributed by atoms with Crippen molar-refractivity contribution in [3.63, 3.8) is 0 Å². The molecular weight excluding hydrogens is 759 g/mol. The van der Waals surface area contributed by atoms with Crippen molar-refractivity contribution in [2.45, 2.75) is 257 Å². The first-order valence-electron chi connectivity index (χ1n) is 26.5. The third kappa shape index (κ3) is 48.3. The molecule has 0 radical (unpaired) electrons. The molecule has 0 aromatic carbocycles. The van der Waals surface area contributed by atoms with Crippen molar-refractivity contribution >= 4 is 5.91 Å². The zero-order chi connectivity index (χ0) is 44.9. The SMILES string of the molecule is CC/C=C\C/C=C\C/C=C\C/C=C\C/C=C\C/C=C\CCC(=O)NC(CO)C(O)/C=C/CC/C=C/CCCCCCCCCCCCCCCCCCCCCCCCCCC. The van der Waals surface area contributed by atoms with Crippen molar-refractivity contribution in [2.24, 2.45) is 0 Å². The lowest BCUT2D eigenvalue weighted by Crippen LogP contribution is -2.45. The Hall–Kier alpha value is -2.69. The zero-order valence-electron chi connectivity index (χ0n) is 40.9. The maximum Gasteiger partial charge on any atom is 0.220 e. The van der Waals surface area contributed by atoms with Gasteiger partial charge in [-0.15, -0.1) is 0 Å². The van der Waals surface area contributed by atoms with Gasteiger partial charge in [0.05, 0.1) is 18.8 Å². The van der Waals surface area contributed by atoms with Crippen molar-refractivity contribution in [1.82, 2.24) is 5.32 Å². The number of carbonyl (C=O) groups excluding carboxylic acids is 1. The van der Waals surface area contributed by atoms with Crippen LogP contribution in [0, 0.1) is 0 Å². The summed E-state index contributed by atoms with van der Waals surface area (Å²) in [6.07, 6.45) is 78.6. The summed E-state index contributed by atoms with van der Waals surface area (Å²) in [6.45, 7) is 4.16. The summed E-state index contributed by atoms with van der Waals surface area (Å²) in [4.78, 5) is 12.4. The van der Waals surface area contributed by atoms with Gasteiger partial charge in [0.1, 0.15) is 0 Å². The van der Waals surface area contributed by atoms with E-state index in [4.69, 9.17) is 0 Å². The van der Waals surface area contributed by atoms with Gasteiger partial charge in [-0.3, -0.25) is 4.79 Å². The molecule has 0 aromatic rings. The smallest absolute Gasteiger partial charge is 0.220 e. The zero-order valence-corrected chi connectivity index (χ0v) is 40.9. The van der Waals surface area contributed by atoms with Gasteiger partial charge < -0.3 is 15.5 Å². The molecule has 0 saturated heterocycles. The van der Waals surface area contributed by atoms with E-state index in [1.807, 2.05) is 12.2 Å². The molecule has 3 N–H and O–H groups in total. The summed E-state index contributed by atoms with van der Waals surface area (Å²) in [6, 6.07) is -0.687. The van der Waals surface area contributed by atoms with Crippen molar-refractivity contribution in [3.8, 4) is 0 Å². The van der Waals surface area contributed by atoms with E-state index in [2.05, 4.69) is 98.2 Å². The number of nitrogens with one attached hydrogen (secondary N) is 1. The standard InChI is InChI=1S/C58H101NO3/c1-3-5-7-9-11-13-15-17-19-21-23-24-25-26-27-28-29-30-31-32-33-34-36-37-39-41-43-45-47-49-51-53-57(61)56(55-60)59-58(62)54-52-50-48-46-44-42-40-38-35-22-20-18-16-14-12-10-8-6-4-2/h6,8,12,14,18,20,35,38,42-45,48,50-51,53,56-57,60-61H,3-5,7,9-11,13,15-17,19,21-34,36-37,39-41,46-47,49,52,54-55H2,1-2H3,(H,59,62)/b8-6-,14-12-,20-18-,38-35-,44-42-,45-43+,50-48-,53-51+. The van der Waals surface area contributed by atoms with Crippen molar-refractivity contribution in [3.05, 3.63) is 97.2 Å². The molecule has 0 aliphatic rings. The quantitative estimate of drug-likeness (QED) is 0.0422. The largest absolute Gasteiger partial charge is 0.394 e. The predicted octanol–water partition coefficient (Wildman–Crippen LogP) is 17.4. The van der Waals surface area contributed by atoms with Gasteiger partial charge in [-0.2, -0.15) is 0 Å². The first-order valence-corrected chi connectivity index (χ1v) is 26.5. The monoisotopic (exact) mass is 860 g/mol. The van der Waals surface area contributed by atoms with Crippen LogP contribution >= 0.6 is 0 Å². The molecule has 0 aliphatic carbocycles. The lowest BCUT2D eigenvalue weighted by molar-refractivity contribution is -0.122. The Balaban J connectivity index is 3.62. The van der Waals surface area contributed by atoms with Crippen LogP contribution in [0.1, 0.15) is 245 Å². The first kappa shape index (κ1) is 59.3. The van der Waals surface area contributed by atoms with E-state index in [1.165, 1.54) is 161 Å². The van der Waals surface area contributed by atoms with Crippen LogP contribution in [0.4, 0.5) is 0 Å². The molecule has 0 spiro atoms. The van der Waals surface area contributed by atoms with Gasteiger partial charge in [0.2, 0.25) is 5.91 Å². The van der Waals surface area contributed by atoms with E-state index < -0.39 is 12.1 Å². The number of amides is 1. The molecule has 0 heterocycles. The van der Waals surface area contributed by atoms with Crippen LogP contribution in [0.2, 0.25) is 0 Å².